The molecule has 0 saturated carbocycles. The van der Waals surface area contributed by atoms with E-state index in [4.69, 9.17) is 14.2 Å². The number of allylic oxidation sites excluding steroid dienone is 1. The number of carbonyl (C=O) groups excluding carboxylic acids is 1. The van der Waals surface area contributed by atoms with E-state index >= 15 is 0 Å². The number of carbonyl (C=O) groups is 1. The molecule has 1 aromatic heterocycles. The molecule has 0 fully saturated rings. The van der Waals surface area contributed by atoms with Gasteiger partial charge in [0.2, 0.25) is 5.82 Å². The van der Waals surface area contributed by atoms with E-state index < -0.39 is 6.04 Å². The van der Waals surface area contributed by atoms with E-state index in [9.17, 15) is 4.79 Å². The number of para-hydroxylation sites is 1. The number of anilines is 1. The fourth-order valence-electron chi connectivity index (χ4n) is 4.17. The number of hydrogen-bond donors (Lipinski definition) is 1. The van der Waals surface area contributed by atoms with Crippen LogP contribution < -0.4 is 15.0 Å². The van der Waals surface area contributed by atoms with Crippen LogP contribution in [0.1, 0.15) is 24.4 Å². The zero-order valence-corrected chi connectivity index (χ0v) is 20.4. The van der Waals surface area contributed by atoms with Crippen LogP contribution in [0.3, 0.4) is 0 Å². The van der Waals surface area contributed by atoms with E-state index in [0.717, 1.165) is 27.3 Å². The van der Waals surface area contributed by atoms with Crippen molar-refractivity contribution in [2.45, 2.75) is 17.9 Å². The van der Waals surface area contributed by atoms with Crippen molar-refractivity contribution >= 4 is 29.1 Å². The third-order valence-electron chi connectivity index (χ3n) is 5.93. The molecule has 4 aromatic rings. The molecule has 0 spiro atoms. The van der Waals surface area contributed by atoms with E-state index in [1.165, 1.54) is 0 Å². The number of urea groups is 1. The molecule has 3 aromatic carbocycles. The molecular weight excluding hydrogens is 460 g/mol. The van der Waals surface area contributed by atoms with Gasteiger partial charge in [0.15, 0.2) is 0 Å². The molecule has 2 heterocycles. The van der Waals surface area contributed by atoms with Gasteiger partial charge in [-0.3, -0.25) is 4.90 Å². The highest BCUT2D eigenvalue weighted by atomic mass is 32.2. The topological polar surface area (TPSA) is 80.5 Å². The number of rotatable bonds is 6. The van der Waals surface area contributed by atoms with Crippen molar-refractivity contribution in [2.24, 2.45) is 0 Å². The van der Waals surface area contributed by atoms with E-state index in [1.54, 1.807) is 23.8 Å². The monoisotopic (exact) mass is 484 g/mol. The highest BCUT2D eigenvalue weighted by Crippen LogP contribution is 2.39. The van der Waals surface area contributed by atoms with Crippen LogP contribution in [0.4, 0.5) is 10.5 Å². The van der Waals surface area contributed by atoms with Crippen LogP contribution in [-0.4, -0.2) is 29.5 Å². The molecule has 0 radical (unpaired) electrons. The summed E-state index contributed by atoms with van der Waals surface area (Å²) in [4.78, 5) is 20.8. The summed E-state index contributed by atoms with van der Waals surface area (Å²) in [5.41, 5.74) is 3.89. The first-order valence-electron chi connectivity index (χ1n) is 11.1. The molecule has 1 aliphatic heterocycles. The number of aromatic nitrogens is 2. The van der Waals surface area contributed by atoms with Gasteiger partial charge in [-0.15, -0.1) is 11.8 Å². The van der Waals surface area contributed by atoms with Gasteiger partial charge in [-0.1, -0.05) is 35.5 Å². The molecule has 0 aliphatic carbocycles. The van der Waals surface area contributed by atoms with Gasteiger partial charge < -0.3 is 14.6 Å². The quantitative estimate of drug-likeness (QED) is 0.330. The molecule has 1 atom stereocenters. The Labute approximate surface area is 207 Å². The molecule has 1 N–H and O–H groups in total. The van der Waals surface area contributed by atoms with Crippen molar-refractivity contribution in [3.8, 4) is 17.1 Å². The van der Waals surface area contributed by atoms with Crippen molar-refractivity contribution < 1.29 is 14.1 Å². The average Bonchev–Trinajstić information content (AvgIpc) is 3.39. The Morgan fingerprint density at radius 3 is 2.51 bits per heavy atom. The summed E-state index contributed by atoms with van der Waals surface area (Å²) in [6, 6.07) is 24.3. The van der Waals surface area contributed by atoms with Crippen LogP contribution in [0.15, 0.2) is 94.0 Å². The second-order valence-corrected chi connectivity index (χ2v) is 8.86. The first-order valence-corrected chi connectivity index (χ1v) is 12.3. The Kier molecular flexibility index (Phi) is 6.29. The fraction of sp³-hybridized carbons (Fsp3) is 0.148. The summed E-state index contributed by atoms with van der Waals surface area (Å²) in [6.07, 6.45) is 2.03. The molecule has 35 heavy (non-hydrogen) atoms. The average molecular weight is 485 g/mol. The molecule has 8 heteroatoms. The van der Waals surface area contributed by atoms with Gasteiger partial charge in [0.1, 0.15) is 5.75 Å². The zero-order chi connectivity index (χ0) is 24.4. The summed E-state index contributed by atoms with van der Waals surface area (Å²) < 4.78 is 11.2. The lowest BCUT2D eigenvalue weighted by atomic mass is 9.94. The second-order valence-electron chi connectivity index (χ2n) is 7.98. The van der Waals surface area contributed by atoms with Crippen molar-refractivity contribution in [2.75, 3.05) is 18.3 Å². The van der Waals surface area contributed by atoms with Gasteiger partial charge in [0.25, 0.3) is 5.89 Å². The lowest BCUT2D eigenvalue weighted by Crippen LogP contribution is -2.46. The van der Waals surface area contributed by atoms with Gasteiger partial charge in [-0.25, -0.2) is 4.79 Å². The lowest BCUT2D eigenvalue weighted by molar-refractivity contribution is 0.244. The molecular formula is C27H24N4O3S. The first-order chi connectivity index (χ1) is 17.1. The van der Waals surface area contributed by atoms with E-state index in [2.05, 4.69) is 10.5 Å². The summed E-state index contributed by atoms with van der Waals surface area (Å²) in [7, 11) is 1.62. The van der Waals surface area contributed by atoms with Crippen LogP contribution in [0, 0.1) is 0 Å². The number of nitrogens with zero attached hydrogens (tertiary/aromatic N) is 3. The molecule has 1 unspecified atom stereocenters. The maximum atomic E-state index is 13.3. The van der Waals surface area contributed by atoms with E-state index in [1.807, 2.05) is 92.0 Å². The summed E-state index contributed by atoms with van der Waals surface area (Å²) in [6.45, 7) is 1.89. The van der Waals surface area contributed by atoms with Crippen molar-refractivity contribution in [3.63, 3.8) is 0 Å². The number of methoxy groups -OCH3 is 1. The minimum Gasteiger partial charge on any atom is -0.497 e. The SMILES string of the molecule is COc1cccc(C2NC(=O)N(c3ccccc3)C(C)=C2c2nc(-c3ccc(SC)cc3)no2)c1. The Balaban J connectivity index is 1.63. The van der Waals surface area contributed by atoms with Crippen molar-refractivity contribution in [1.82, 2.24) is 15.5 Å². The second kappa shape index (κ2) is 9.68. The Morgan fingerprint density at radius 1 is 1.03 bits per heavy atom. The van der Waals surface area contributed by atoms with Crippen molar-refractivity contribution in [3.05, 3.63) is 96.0 Å². The molecule has 2 amide bonds. The maximum Gasteiger partial charge on any atom is 0.326 e. The number of benzene rings is 3. The zero-order valence-electron chi connectivity index (χ0n) is 19.6. The van der Waals surface area contributed by atoms with Gasteiger partial charge in [-0.05, 0) is 67.3 Å². The predicted molar refractivity (Wildman–Crippen MR) is 137 cm³/mol. The van der Waals surface area contributed by atoms with Crippen LogP contribution in [0.2, 0.25) is 0 Å². The molecule has 176 valence electrons. The van der Waals surface area contributed by atoms with E-state index in [-0.39, 0.29) is 6.03 Å². The molecule has 7 nitrogen and oxygen atoms in total. The molecule has 5 rings (SSSR count). The number of thioether (sulfide) groups is 1. The number of ether oxygens (including phenoxy) is 1. The predicted octanol–water partition coefficient (Wildman–Crippen LogP) is 6.17. The van der Waals surface area contributed by atoms with Gasteiger partial charge >= 0.3 is 6.03 Å². The lowest BCUT2D eigenvalue weighted by Gasteiger charge is -2.35. The number of amides is 2. The van der Waals surface area contributed by atoms with Gasteiger partial charge in [0, 0.05) is 16.2 Å². The van der Waals surface area contributed by atoms with E-state index in [0.29, 0.717) is 23.2 Å². The number of hydrogen-bond acceptors (Lipinski definition) is 6. The molecule has 1 aliphatic rings. The summed E-state index contributed by atoms with van der Waals surface area (Å²) >= 11 is 1.67. The smallest absolute Gasteiger partial charge is 0.326 e. The van der Waals surface area contributed by atoms with Crippen LogP contribution in [-0.2, 0) is 0 Å². The van der Waals surface area contributed by atoms with Crippen LogP contribution in [0.25, 0.3) is 17.0 Å². The first kappa shape index (κ1) is 22.7. The normalized spacial score (nSPS) is 15.8. The standard InChI is InChI=1S/C27H24N4O3S/c1-17-23(26-29-25(30-34-26)18-12-14-22(35-3)15-13-18)24(19-8-7-11-21(16-19)33-2)28-27(32)31(17)20-9-5-4-6-10-20/h4-16,24H,1-3H3,(H,28,32). The molecule has 0 bridgehead atoms. The highest BCUT2D eigenvalue weighted by Gasteiger charge is 2.36. The Hall–Kier alpha value is -4.04. The third kappa shape index (κ3) is 4.40. The minimum atomic E-state index is -0.496. The highest BCUT2D eigenvalue weighted by molar-refractivity contribution is 7.98. The Morgan fingerprint density at radius 2 is 1.80 bits per heavy atom. The Bertz CT molecular complexity index is 1380. The van der Waals surface area contributed by atoms with Crippen LogP contribution in [0.5, 0.6) is 5.75 Å². The maximum absolute atomic E-state index is 13.3. The largest absolute Gasteiger partial charge is 0.497 e. The summed E-state index contributed by atoms with van der Waals surface area (Å²) in [5, 5.41) is 7.37. The van der Waals surface area contributed by atoms with Crippen LogP contribution >= 0.6 is 11.8 Å². The number of nitrogens with one attached hydrogen (secondary N) is 1. The fourth-order valence-corrected chi connectivity index (χ4v) is 4.58. The summed E-state index contributed by atoms with van der Waals surface area (Å²) in [5.74, 6) is 1.53. The third-order valence-corrected chi connectivity index (χ3v) is 6.67. The van der Waals surface area contributed by atoms with Gasteiger partial charge in [0.05, 0.1) is 24.4 Å². The van der Waals surface area contributed by atoms with Gasteiger partial charge in [-0.2, -0.15) is 4.98 Å². The van der Waals surface area contributed by atoms with Crippen molar-refractivity contribution in [1.29, 1.82) is 0 Å². The minimum absolute atomic E-state index is 0.238. The molecule has 0 saturated heterocycles.